The Labute approximate surface area is 190 Å². The molecular formula is C25H30N6O. The predicted octanol–water partition coefficient (Wildman–Crippen LogP) is 4.35. The van der Waals surface area contributed by atoms with Crippen LogP contribution in [0.2, 0.25) is 0 Å². The molecule has 7 heteroatoms. The van der Waals surface area contributed by atoms with Gasteiger partial charge in [-0.15, -0.1) is 0 Å². The van der Waals surface area contributed by atoms with Gasteiger partial charge >= 0.3 is 0 Å². The Kier molecular flexibility index (Phi) is 8.89. The minimum atomic E-state index is 0.195. The molecule has 2 aromatic rings. The summed E-state index contributed by atoms with van der Waals surface area (Å²) >= 11 is 0. The number of rotatable bonds is 9. The quantitative estimate of drug-likeness (QED) is 0.404. The fraction of sp³-hybridized carbons (Fsp3) is 0.440. The first kappa shape index (κ1) is 23.1. The molecule has 0 bridgehead atoms. The number of benzene rings is 1. The predicted molar refractivity (Wildman–Crippen MR) is 126 cm³/mol. The maximum Gasteiger partial charge on any atom is 0.229 e. The Morgan fingerprint density at radius 1 is 1.19 bits per heavy atom. The Hall–Kier alpha value is -3.58. The van der Waals surface area contributed by atoms with Gasteiger partial charge < -0.3 is 16.0 Å². The summed E-state index contributed by atoms with van der Waals surface area (Å²) in [6, 6.07) is 9.23. The number of nitrogens with zero attached hydrogens (tertiary/aromatic N) is 3. The normalized spacial score (nSPS) is 13.0. The topological polar surface area (TPSA) is 103 Å². The van der Waals surface area contributed by atoms with Gasteiger partial charge in [0.15, 0.2) is 0 Å². The van der Waals surface area contributed by atoms with Crippen molar-refractivity contribution in [2.24, 2.45) is 5.92 Å². The zero-order chi connectivity index (χ0) is 22.6. The first-order valence-electron chi connectivity index (χ1n) is 11.3. The van der Waals surface area contributed by atoms with Crippen LogP contribution >= 0.6 is 0 Å². The zero-order valence-corrected chi connectivity index (χ0v) is 18.6. The highest BCUT2D eigenvalue weighted by Gasteiger charge is 2.21. The summed E-state index contributed by atoms with van der Waals surface area (Å²) < 4.78 is 0. The van der Waals surface area contributed by atoms with Gasteiger partial charge in [-0.2, -0.15) is 10.2 Å². The molecule has 1 saturated carbocycles. The molecule has 0 unspecified atom stereocenters. The summed E-state index contributed by atoms with van der Waals surface area (Å²) in [6.07, 6.45) is 8.58. The molecule has 7 nitrogen and oxygen atoms in total. The molecule has 0 aliphatic heterocycles. The summed E-state index contributed by atoms with van der Waals surface area (Å²) in [5.41, 5.74) is 2.16. The van der Waals surface area contributed by atoms with Crippen LogP contribution in [0.1, 0.15) is 63.0 Å². The van der Waals surface area contributed by atoms with Gasteiger partial charge in [-0.05, 0) is 49.9 Å². The molecule has 1 heterocycles. The highest BCUT2D eigenvalue weighted by atomic mass is 16.1. The van der Waals surface area contributed by atoms with Crippen LogP contribution in [0, 0.1) is 29.1 Å². The number of unbranched alkanes of at least 4 members (excludes halogenated alkanes) is 1. The molecule has 1 aliphatic carbocycles. The van der Waals surface area contributed by atoms with E-state index in [0.717, 1.165) is 43.5 Å². The Bertz CT molecular complexity index is 994. The van der Waals surface area contributed by atoms with Crippen LogP contribution in [0.4, 0.5) is 17.5 Å². The number of hydrogen-bond donors (Lipinski definition) is 3. The second kappa shape index (κ2) is 12.3. The van der Waals surface area contributed by atoms with Crippen molar-refractivity contribution in [3.8, 4) is 17.9 Å². The molecule has 1 aromatic carbocycles. The van der Waals surface area contributed by atoms with E-state index in [9.17, 15) is 4.79 Å². The monoisotopic (exact) mass is 430 g/mol. The molecule has 3 N–H and O–H groups in total. The Morgan fingerprint density at radius 2 is 1.97 bits per heavy atom. The lowest BCUT2D eigenvalue weighted by atomic mass is 10.1. The SMILES string of the molecule is CCCNc1nc(Nc2ccc(C#N)cc2)ncc1C#CCCCNC(=O)C1CCCC1. The van der Waals surface area contributed by atoms with E-state index in [2.05, 4.69) is 50.8 Å². The van der Waals surface area contributed by atoms with E-state index in [1.54, 1.807) is 18.3 Å². The van der Waals surface area contributed by atoms with Gasteiger partial charge in [0.2, 0.25) is 11.9 Å². The van der Waals surface area contributed by atoms with E-state index in [4.69, 9.17) is 5.26 Å². The third kappa shape index (κ3) is 6.99. The van der Waals surface area contributed by atoms with Crippen molar-refractivity contribution in [1.82, 2.24) is 15.3 Å². The molecule has 1 amide bonds. The van der Waals surface area contributed by atoms with Crippen molar-refractivity contribution in [2.75, 3.05) is 23.7 Å². The van der Waals surface area contributed by atoms with Crippen LogP contribution in [0.15, 0.2) is 30.5 Å². The molecule has 0 spiro atoms. The molecule has 0 atom stereocenters. The van der Waals surface area contributed by atoms with Crippen molar-refractivity contribution >= 4 is 23.4 Å². The Morgan fingerprint density at radius 3 is 2.69 bits per heavy atom. The number of nitrogens with one attached hydrogen (secondary N) is 3. The molecule has 0 saturated heterocycles. The molecule has 0 radical (unpaired) electrons. The summed E-state index contributed by atoms with van der Waals surface area (Å²) in [6.45, 7) is 3.54. The summed E-state index contributed by atoms with van der Waals surface area (Å²) in [4.78, 5) is 21.0. The molecule has 1 fully saturated rings. The molecule has 1 aromatic heterocycles. The van der Waals surface area contributed by atoms with Crippen molar-refractivity contribution < 1.29 is 4.79 Å². The number of carbonyl (C=O) groups is 1. The second-order valence-electron chi connectivity index (χ2n) is 7.87. The lowest BCUT2D eigenvalue weighted by Crippen LogP contribution is -2.29. The maximum absolute atomic E-state index is 12.0. The highest BCUT2D eigenvalue weighted by Crippen LogP contribution is 2.24. The smallest absolute Gasteiger partial charge is 0.229 e. The summed E-state index contributed by atoms with van der Waals surface area (Å²) in [5.74, 6) is 7.89. The van der Waals surface area contributed by atoms with Gasteiger partial charge in [0, 0.05) is 31.1 Å². The fourth-order valence-electron chi connectivity index (χ4n) is 3.55. The average Bonchev–Trinajstić information content (AvgIpc) is 3.36. The van der Waals surface area contributed by atoms with Gasteiger partial charge in [-0.3, -0.25) is 4.79 Å². The van der Waals surface area contributed by atoms with Gasteiger partial charge in [-0.1, -0.05) is 31.6 Å². The molecule has 32 heavy (non-hydrogen) atoms. The Balaban J connectivity index is 1.55. The van der Waals surface area contributed by atoms with E-state index in [1.807, 2.05) is 12.1 Å². The number of amides is 1. The van der Waals surface area contributed by atoms with Crippen molar-refractivity contribution in [2.45, 2.75) is 51.9 Å². The van der Waals surface area contributed by atoms with Crippen LogP contribution in [0.5, 0.6) is 0 Å². The number of carbonyl (C=O) groups excluding carboxylic acids is 1. The van der Waals surface area contributed by atoms with Crippen molar-refractivity contribution in [3.63, 3.8) is 0 Å². The van der Waals surface area contributed by atoms with E-state index in [0.29, 0.717) is 30.3 Å². The number of nitriles is 1. The first-order chi connectivity index (χ1) is 15.7. The van der Waals surface area contributed by atoms with Gasteiger partial charge in [0.1, 0.15) is 5.82 Å². The van der Waals surface area contributed by atoms with Crippen LogP contribution in [0.3, 0.4) is 0 Å². The third-order valence-corrected chi connectivity index (χ3v) is 5.33. The van der Waals surface area contributed by atoms with E-state index in [1.165, 1.54) is 12.8 Å². The molecule has 3 rings (SSSR count). The number of anilines is 3. The van der Waals surface area contributed by atoms with Crippen LogP contribution < -0.4 is 16.0 Å². The van der Waals surface area contributed by atoms with Crippen LogP contribution in [-0.2, 0) is 4.79 Å². The number of hydrogen-bond acceptors (Lipinski definition) is 6. The fourth-order valence-corrected chi connectivity index (χ4v) is 3.55. The number of aromatic nitrogens is 2. The third-order valence-electron chi connectivity index (χ3n) is 5.33. The lowest BCUT2D eigenvalue weighted by molar-refractivity contribution is -0.124. The molecule has 166 valence electrons. The average molecular weight is 431 g/mol. The van der Waals surface area contributed by atoms with Gasteiger partial charge in [-0.25, -0.2) is 4.98 Å². The van der Waals surface area contributed by atoms with Gasteiger partial charge in [0.05, 0.1) is 23.4 Å². The lowest BCUT2D eigenvalue weighted by Gasteiger charge is -2.10. The van der Waals surface area contributed by atoms with E-state index in [-0.39, 0.29) is 11.8 Å². The van der Waals surface area contributed by atoms with Crippen molar-refractivity contribution in [3.05, 3.63) is 41.6 Å². The van der Waals surface area contributed by atoms with E-state index >= 15 is 0 Å². The molecular weight excluding hydrogens is 400 g/mol. The van der Waals surface area contributed by atoms with Crippen molar-refractivity contribution in [1.29, 1.82) is 5.26 Å². The minimum absolute atomic E-state index is 0.195. The summed E-state index contributed by atoms with van der Waals surface area (Å²) in [7, 11) is 0. The standard InChI is InChI=1S/C25H30N6O/c1-2-15-27-23-21(10-4-3-7-16-28-24(32)20-8-5-6-9-20)18-29-25(31-23)30-22-13-11-19(17-26)12-14-22/h11-14,18,20H,2-3,5-9,15-16H2,1H3,(H,28,32)(H2,27,29,30,31). The van der Waals surface area contributed by atoms with Crippen LogP contribution in [-0.4, -0.2) is 29.0 Å². The second-order valence-corrected chi connectivity index (χ2v) is 7.87. The first-order valence-corrected chi connectivity index (χ1v) is 11.3. The minimum Gasteiger partial charge on any atom is -0.369 e. The van der Waals surface area contributed by atoms with Crippen LogP contribution in [0.25, 0.3) is 0 Å². The highest BCUT2D eigenvalue weighted by molar-refractivity contribution is 5.78. The maximum atomic E-state index is 12.0. The molecule has 1 aliphatic rings. The summed E-state index contributed by atoms with van der Waals surface area (Å²) in [5, 5.41) is 18.4. The zero-order valence-electron chi connectivity index (χ0n) is 18.6. The van der Waals surface area contributed by atoms with Gasteiger partial charge in [0.25, 0.3) is 0 Å². The van der Waals surface area contributed by atoms with E-state index < -0.39 is 0 Å². The largest absolute Gasteiger partial charge is 0.369 e.